The first-order chi connectivity index (χ1) is 10.0. The number of nitro groups is 1. The molecule has 1 aliphatic rings. The Morgan fingerprint density at radius 1 is 1.43 bits per heavy atom. The van der Waals surface area contributed by atoms with Crippen LogP contribution in [0.3, 0.4) is 0 Å². The lowest BCUT2D eigenvalue weighted by Crippen LogP contribution is -2.48. The number of hydrogen-bond donors (Lipinski definition) is 0. The van der Waals surface area contributed by atoms with Gasteiger partial charge in [-0.05, 0) is 12.5 Å². The van der Waals surface area contributed by atoms with E-state index < -0.39 is 4.92 Å². The van der Waals surface area contributed by atoms with Gasteiger partial charge >= 0.3 is 5.97 Å². The molecule has 0 amide bonds. The molecular formula is C13H18N4O4. The highest BCUT2D eigenvalue weighted by molar-refractivity contribution is 5.71. The number of carbonyl (C=O) groups excluding carboxylic acids is 1. The molecule has 0 unspecified atom stereocenters. The number of hydrogen-bond acceptors (Lipinski definition) is 7. The van der Waals surface area contributed by atoms with Gasteiger partial charge in [0.2, 0.25) is 0 Å². The fourth-order valence-electron chi connectivity index (χ4n) is 2.35. The molecule has 1 saturated heterocycles. The first-order valence-corrected chi connectivity index (χ1v) is 6.66. The van der Waals surface area contributed by atoms with E-state index in [4.69, 9.17) is 0 Å². The van der Waals surface area contributed by atoms with Crippen LogP contribution in [0, 0.1) is 17.0 Å². The van der Waals surface area contributed by atoms with E-state index >= 15 is 0 Å². The van der Waals surface area contributed by atoms with Crippen molar-refractivity contribution in [3.05, 3.63) is 27.9 Å². The second-order valence-electron chi connectivity index (χ2n) is 4.93. The summed E-state index contributed by atoms with van der Waals surface area (Å²) in [4.78, 5) is 29.8. The summed E-state index contributed by atoms with van der Waals surface area (Å²) in [5, 5.41) is 10.7. The number of esters is 1. The van der Waals surface area contributed by atoms with Crippen molar-refractivity contribution in [3.8, 4) is 0 Å². The van der Waals surface area contributed by atoms with Crippen LogP contribution in [0.5, 0.6) is 0 Å². The van der Waals surface area contributed by atoms with Crippen LogP contribution in [0.15, 0.2) is 12.3 Å². The predicted molar refractivity (Wildman–Crippen MR) is 76.3 cm³/mol. The van der Waals surface area contributed by atoms with Crippen LogP contribution in [0.2, 0.25) is 0 Å². The van der Waals surface area contributed by atoms with Gasteiger partial charge in [0.05, 0.1) is 18.6 Å². The average molecular weight is 294 g/mol. The van der Waals surface area contributed by atoms with Gasteiger partial charge in [-0.25, -0.2) is 4.98 Å². The van der Waals surface area contributed by atoms with E-state index in [0.717, 1.165) is 37.6 Å². The van der Waals surface area contributed by atoms with Crippen LogP contribution in [-0.4, -0.2) is 60.6 Å². The fourth-order valence-corrected chi connectivity index (χ4v) is 2.35. The number of aryl methyl sites for hydroxylation is 1. The van der Waals surface area contributed by atoms with Crippen molar-refractivity contribution in [1.82, 2.24) is 9.88 Å². The normalized spacial score (nSPS) is 15.8. The van der Waals surface area contributed by atoms with Crippen LogP contribution in [-0.2, 0) is 9.53 Å². The van der Waals surface area contributed by atoms with E-state index in [1.54, 1.807) is 0 Å². The molecule has 2 rings (SSSR count). The summed E-state index contributed by atoms with van der Waals surface area (Å²) in [5.74, 6) is 0.520. The van der Waals surface area contributed by atoms with Gasteiger partial charge in [0.15, 0.2) is 0 Å². The highest BCUT2D eigenvalue weighted by Gasteiger charge is 2.22. The summed E-state index contributed by atoms with van der Waals surface area (Å²) < 4.78 is 4.65. The Bertz CT molecular complexity index is 541. The summed E-state index contributed by atoms with van der Waals surface area (Å²) in [6.07, 6.45) is 1.28. The van der Waals surface area contributed by atoms with Gasteiger partial charge in [-0.3, -0.25) is 19.8 Å². The predicted octanol–water partition coefficient (Wildman–Crippen LogP) is 0.593. The molecule has 0 radical (unpaired) electrons. The molecule has 0 bridgehead atoms. The molecule has 21 heavy (non-hydrogen) atoms. The molecule has 1 aliphatic heterocycles. The number of nitrogens with zero attached hydrogens (tertiary/aromatic N) is 4. The Kier molecular flexibility index (Phi) is 4.69. The van der Waals surface area contributed by atoms with E-state index in [1.165, 1.54) is 19.4 Å². The molecule has 0 spiro atoms. The van der Waals surface area contributed by atoms with E-state index in [0.29, 0.717) is 0 Å². The zero-order valence-corrected chi connectivity index (χ0v) is 12.1. The van der Waals surface area contributed by atoms with Gasteiger partial charge in [-0.2, -0.15) is 0 Å². The Morgan fingerprint density at radius 3 is 2.62 bits per heavy atom. The minimum absolute atomic E-state index is 0.000534. The van der Waals surface area contributed by atoms with Crippen molar-refractivity contribution in [2.45, 2.75) is 6.92 Å². The monoisotopic (exact) mass is 294 g/mol. The van der Waals surface area contributed by atoms with Crippen LogP contribution in [0.25, 0.3) is 0 Å². The molecule has 1 fully saturated rings. The van der Waals surface area contributed by atoms with Crippen molar-refractivity contribution in [1.29, 1.82) is 0 Å². The Labute approximate surface area is 122 Å². The van der Waals surface area contributed by atoms with Gasteiger partial charge < -0.3 is 9.64 Å². The van der Waals surface area contributed by atoms with Gasteiger partial charge in [0.25, 0.3) is 5.69 Å². The topological polar surface area (TPSA) is 88.8 Å². The molecule has 8 nitrogen and oxygen atoms in total. The zero-order valence-electron chi connectivity index (χ0n) is 12.1. The third-order valence-corrected chi connectivity index (χ3v) is 3.50. The number of anilines is 1. The largest absolute Gasteiger partial charge is 0.468 e. The standard InChI is InChI=1S/C13H18N4O4/c1-10-7-11(17(19)20)8-14-13(10)16-5-3-15(4-6-16)9-12(18)21-2/h7-8H,3-6,9H2,1-2H3. The summed E-state index contributed by atoms with van der Waals surface area (Å²) in [6.45, 7) is 5.01. The average Bonchev–Trinajstić information content (AvgIpc) is 2.48. The lowest BCUT2D eigenvalue weighted by molar-refractivity contribution is -0.385. The van der Waals surface area contributed by atoms with Gasteiger partial charge in [0.1, 0.15) is 12.0 Å². The molecule has 1 aromatic rings. The highest BCUT2D eigenvalue weighted by Crippen LogP contribution is 2.22. The maximum absolute atomic E-state index is 11.2. The van der Waals surface area contributed by atoms with Crippen LogP contribution < -0.4 is 4.90 Å². The first kappa shape index (κ1) is 15.2. The second-order valence-corrected chi connectivity index (χ2v) is 4.93. The number of pyridine rings is 1. The summed E-state index contributed by atoms with van der Waals surface area (Å²) >= 11 is 0. The molecule has 0 saturated carbocycles. The van der Waals surface area contributed by atoms with E-state index in [1.807, 2.05) is 11.8 Å². The number of carbonyl (C=O) groups is 1. The lowest BCUT2D eigenvalue weighted by Gasteiger charge is -2.35. The zero-order chi connectivity index (χ0) is 15.4. The fraction of sp³-hybridized carbons (Fsp3) is 0.538. The number of methoxy groups -OCH3 is 1. The molecule has 0 aromatic carbocycles. The van der Waals surface area contributed by atoms with Crippen molar-refractivity contribution in [3.63, 3.8) is 0 Å². The Morgan fingerprint density at radius 2 is 2.10 bits per heavy atom. The number of piperazine rings is 1. The van der Waals surface area contributed by atoms with Crippen molar-refractivity contribution >= 4 is 17.5 Å². The van der Waals surface area contributed by atoms with E-state index in [-0.39, 0.29) is 18.2 Å². The van der Waals surface area contributed by atoms with Crippen LogP contribution in [0.1, 0.15) is 5.56 Å². The lowest BCUT2D eigenvalue weighted by atomic mass is 10.2. The Balaban J connectivity index is 1.99. The molecule has 114 valence electrons. The minimum Gasteiger partial charge on any atom is -0.468 e. The molecule has 2 heterocycles. The molecule has 1 aromatic heterocycles. The third kappa shape index (κ3) is 3.66. The van der Waals surface area contributed by atoms with Crippen LogP contribution in [0.4, 0.5) is 11.5 Å². The van der Waals surface area contributed by atoms with Crippen molar-refractivity contribution in [2.24, 2.45) is 0 Å². The smallest absolute Gasteiger partial charge is 0.319 e. The number of rotatable bonds is 4. The quantitative estimate of drug-likeness (QED) is 0.456. The number of aromatic nitrogens is 1. The summed E-state index contributed by atoms with van der Waals surface area (Å²) in [6, 6.07) is 1.53. The maximum atomic E-state index is 11.2. The molecule has 0 N–H and O–H groups in total. The molecule has 8 heteroatoms. The van der Waals surface area contributed by atoms with Gasteiger partial charge in [0, 0.05) is 32.2 Å². The Hall–Kier alpha value is -2.22. The summed E-state index contributed by atoms with van der Waals surface area (Å²) in [7, 11) is 1.38. The third-order valence-electron chi connectivity index (χ3n) is 3.50. The number of ether oxygens (including phenoxy) is 1. The molecule has 0 aliphatic carbocycles. The van der Waals surface area contributed by atoms with Gasteiger partial charge in [-0.15, -0.1) is 0 Å². The molecular weight excluding hydrogens is 276 g/mol. The van der Waals surface area contributed by atoms with Gasteiger partial charge in [-0.1, -0.05) is 0 Å². The van der Waals surface area contributed by atoms with Crippen molar-refractivity contribution in [2.75, 3.05) is 44.7 Å². The highest BCUT2D eigenvalue weighted by atomic mass is 16.6. The maximum Gasteiger partial charge on any atom is 0.319 e. The first-order valence-electron chi connectivity index (χ1n) is 6.66. The second kappa shape index (κ2) is 6.49. The molecule has 0 atom stereocenters. The van der Waals surface area contributed by atoms with E-state index in [9.17, 15) is 14.9 Å². The van der Waals surface area contributed by atoms with E-state index in [2.05, 4.69) is 14.6 Å². The summed E-state index contributed by atoms with van der Waals surface area (Å²) in [5.41, 5.74) is 0.784. The van der Waals surface area contributed by atoms with Crippen molar-refractivity contribution < 1.29 is 14.5 Å². The SMILES string of the molecule is COC(=O)CN1CCN(c2ncc([N+](=O)[O-])cc2C)CC1. The van der Waals surface area contributed by atoms with Crippen LogP contribution >= 0.6 is 0 Å². The minimum atomic E-state index is -0.446.